The maximum atomic E-state index is 12.3. The van der Waals surface area contributed by atoms with Crippen molar-refractivity contribution in [1.82, 2.24) is 4.90 Å². The molecule has 1 aliphatic heterocycles. The summed E-state index contributed by atoms with van der Waals surface area (Å²) in [5, 5.41) is 0. The van der Waals surface area contributed by atoms with Gasteiger partial charge in [0.05, 0.1) is 16.7 Å². The second-order valence-electron chi connectivity index (χ2n) is 7.96. The van der Waals surface area contributed by atoms with E-state index in [9.17, 15) is 14.4 Å². The lowest BCUT2D eigenvalue weighted by Crippen LogP contribution is -2.30. The van der Waals surface area contributed by atoms with Gasteiger partial charge in [0.1, 0.15) is 5.60 Å². The summed E-state index contributed by atoms with van der Waals surface area (Å²) in [6.45, 7) is 5.94. The van der Waals surface area contributed by atoms with E-state index in [0.29, 0.717) is 23.2 Å². The third kappa shape index (κ3) is 4.47. The Morgan fingerprint density at radius 3 is 2.00 bits per heavy atom. The van der Waals surface area contributed by atoms with Gasteiger partial charge in [-0.1, -0.05) is 24.3 Å². The molecule has 2 aromatic rings. The van der Waals surface area contributed by atoms with Crippen LogP contribution in [0, 0.1) is 0 Å². The van der Waals surface area contributed by atoms with Crippen molar-refractivity contribution in [2.45, 2.75) is 45.6 Å². The third-order valence-electron chi connectivity index (χ3n) is 4.56. The number of ether oxygens (including phenoxy) is 1. The van der Waals surface area contributed by atoms with Crippen molar-refractivity contribution in [2.75, 3.05) is 6.54 Å². The number of rotatable bonds is 6. The van der Waals surface area contributed by atoms with Gasteiger partial charge in [-0.05, 0) is 69.9 Å². The van der Waals surface area contributed by atoms with Crippen LogP contribution in [0.25, 0.3) is 0 Å². The van der Waals surface area contributed by atoms with E-state index in [1.165, 1.54) is 4.90 Å². The number of aryl methyl sites for hydroxylation is 1. The average Bonchev–Trinajstić information content (AvgIpc) is 2.89. The minimum atomic E-state index is -0.514. The first-order chi connectivity index (χ1) is 13.3. The van der Waals surface area contributed by atoms with E-state index in [1.807, 2.05) is 32.9 Å². The molecule has 1 heterocycles. The summed E-state index contributed by atoms with van der Waals surface area (Å²) >= 11 is 0. The number of hydrogen-bond donors (Lipinski definition) is 0. The summed E-state index contributed by atoms with van der Waals surface area (Å²) in [5.74, 6) is -0.741. The molecule has 1 aliphatic rings. The number of carbonyl (C=O) groups is 3. The lowest BCUT2D eigenvalue weighted by Gasteiger charge is -2.19. The number of esters is 1. The Labute approximate surface area is 165 Å². The van der Waals surface area contributed by atoms with Gasteiger partial charge >= 0.3 is 5.97 Å². The number of carbonyl (C=O) groups excluding carboxylic acids is 3. The molecule has 0 unspecified atom stereocenters. The van der Waals surface area contributed by atoms with Crippen LogP contribution in [0.4, 0.5) is 0 Å². The van der Waals surface area contributed by atoms with Crippen molar-refractivity contribution < 1.29 is 19.1 Å². The first kappa shape index (κ1) is 19.8. The fourth-order valence-electron chi connectivity index (χ4n) is 3.19. The topological polar surface area (TPSA) is 63.7 Å². The van der Waals surface area contributed by atoms with Gasteiger partial charge in [0.15, 0.2) is 0 Å². The highest BCUT2D eigenvalue weighted by molar-refractivity contribution is 6.21. The predicted molar refractivity (Wildman–Crippen MR) is 106 cm³/mol. The zero-order chi connectivity index (χ0) is 20.3. The fraction of sp³-hybridized carbons (Fsp3) is 0.348. The molecule has 0 fully saturated rings. The summed E-state index contributed by atoms with van der Waals surface area (Å²) in [5.41, 5.74) is 2.11. The van der Waals surface area contributed by atoms with Crippen molar-refractivity contribution in [1.29, 1.82) is 0 Å². The van der Waals surface area contributed by atoms with Gasteiger partial charge in [0.25, 0.3) is 11.8 Å². The van der Waals surface area contributed by atoms with Crippen LogP contribution in [0.15, 0.2) is 48.5 Å². The number of unbranched alkanes of at least 4 members (excludes halogenated alkanes) is 1. The van der Waals surface area contributed by atoms with Gasteiger partial charge in [-0.3, -0.25) is 14.5 Å². The average molecular weight is 379 g/mol. The van der Waals surface area contributed by atoms with E-state index in [0.717, 1.165) is 24.8 Å². The zero-order valence-electron chi connectivity index (χ0n) is 16.5. The summed E-state index contributed by atoms with van der Waals surface area (Å²) in [4.78, 5) is 38.0. The third-order valence-corrected chi connectivity index (χ3v) is 4.56. The zero-order valence-corrected chi connectivity index (χ0v) is 16.5. The predicted octanol–water partition coefficient (Wildman–Crippen LogP) is 4.26. The minimum Gasteiger partial charge on any atom is -0.456 e. The Hall–Kier alpha value is -2.95. The first-order valence-corrected chi connectivity index (χ1v) is 9.54. The Balaban J connectivity index is 1.48. The Bertz CT molecular complexity index is 859. The fourth-order valence-corrected chi connectivity index (χ4v) is 3.19. The standard InChI is InChI=1S/C23H25NO4/c1-23(2,3)28-22(27)17-13-11-16(12-14-17)8-6-7-15-24-20(25)18-9-4-5-10-19(18)21(24)26/h4-5,9-14H,6-8,15H2,1-3H3. The molecular weight excluding hydrogens is 354 g/mol. The van der Waals surface area contributed by atoms with Crippen LogP contribution in [-0.4, -0.2) is 34.8 Å². The molecule has 2 aromatic carbocycles. The van der Waals surface area contributed by atoms with E-state index in [4.69, 9.17) is 4.74 Å². The summed E-state index contributed by atoms with van der Waals surface area (Å²) in [6.07, 6.45) is 2.40. The second-order valence-corrected chi connectivity index (χ2v) is 7.96. The Morgan fingerprint density at radius 1 is 0.893 bits per heavy atom. The largest absolute Gasteiger partial charge is 0.456 e. The molecule has 0 N–H and O–H groups in total. The van der Waals surface area contributed by atoms with E-state index in [1.54, 1.807) is 36.4 Å². The quantitative estimate of drug-likeness (QED) is 0.427. The molecule has 28 heavy (non-hydrogen) atoms. The van der Waals surface area contributed by atoms with Crippen LogP contribution < -0.4 is 0 Å². The van der Waals surface area contributed by atoms with Crippen molar-refractivity contribution >= 4 is 17.8 Å². The van der Waals surface area contributed by atoms with Gasteiger partial charge in [-0.25, -0.2) is 4.79 Å². The molecule has 0 atom stereocenters. The number of hydrogen-bond acceptors (Lipinski definition) is 4. The number of benzene rings is 2. The van der Waals surface area contributed by atoms with E-state index < -0.39 is 5.60 Å². The van der Waals surface area contributed by atoms with Gasteiger partial charge in [-0.15, -0.1) is 0 Å². The first-order valence-electron chi connectivity index (χ1n) is 9.54. The summed E-state index contributed by atoms with van der Waals surface area (Å²) in [6, 6.07) is 14.3. The highest BCUT2D eigenvalue weighted by Crippen LogP contribution is 2.23. The molecule has 0 saturated carbocycles. The minimum absolute atomic E-state index is 0.206. The molecule has 5 heteroatoms. The number of fused-ring (bicyclic) bond motifs is 1. The Morgan fingerprint density at radius 2 is 1.46 bits per heavy atom. The monoisotopic (exact) mass is 379 g/mol. The van der Waals surface area contributed by atoms with Gasteiger partial charge in [-0.2, -0.15) is 0 Å². The Kier molecular flexibility index (Phi) is 5.63. The van der Waals surface area contributed by atoms with Crippen molar-refractivity contribution in [3.8, 4) is 0 Å². The molecule has 5 nitrogen and oxygen atoms in total. The number of imide groups is 1. The molecule has 2 amide bonds. The van der Waals surface area contributed by atoms with Gasteiger partial charge in [0.2, 0.25) is 0 Å². The van der Waals surface area contributed by atoms with Crippen molar-refractivity contribution in [3.05, 3.63) is 70.8 Å². The molecule has 146 valence electrons. The van der Waals surface area contributed by atoms with Crippen molar-refractivity contribution in [2.24, 2.45) is 0 Å². The molecule has 0 saturated heterocycles. The second kappa shape index (κ2) is 7.97. The summed E-state index contributed by atoms with van der Waals surface area (Å²) < 4.78 is 5.36. The normalized spacial score (nSPS) is 13.6. The van der Waals surface area contributed by atoms with Crippen LogP contribution in [0.3, 0.4) is 0 Å². The van der Waals surface area contributed by atoms with Crippen LogP contribution in [-0.2, 0) is 11.2 Å². The number of nitrogens with zero attached hydrogens (tertiary/aromatic N) is 1. The smallest absolute Gasteiger partial charge is 0.338 e. The maximum Gasteiger partial charge on any atom is 0.338 e. The van der Waals surface area contributed by atoms with E-state index in [-0.39, 0.29) is 17.8 Å². The molecule has 0 aromatic heterocycles. The van der Waals surface area contributed by atoms with Crippen LogP contribution >= 0.6 is 0 Å². The van der Waals surface area contributed by atoms with E-state index in [2.05, 4.69) is 0 Å². The molecule has 0 aliphatic carbocycles. The number of amides is 2. The highest BCUT2D eigenvalue weighted by Gasteiger charge is 2.34. The van der Waals surface area contributed by atoms with Crippen LogP contribution in [0.5, 0.6) is 0 Å². The van der Waals surface area contributed by atoms with Gasteiger partial charge in [0, 0.05) is 6.54 Å². The van der Waals surface area contributed by atoms with E-state index >= 15 is 0 Å². The molecule has 0 spiro atoms. The van der Waals surface area contributed by atoms with Crippen LogP contribution in [0.2, 0.25) is 0 Å². The molecule has 0 radical (unpaired) electrons. The van der Waals surface area contributed by atoms with Gasteiger partial charge < -0.3 is 4.74 Å². The summed E-state index contributed by atoms with van der Waals surface area (Å²) in [7, 11) is 0. The van der Waals surface area contributed by atoms with Crippen molar-refractivity contribution in [3.63, 3.8) is 0 Å². The maximum absolute atomic E-state index is 12.3. The lowest BCUT2D eigenvalue weighted by molar-refractivity contribution is 0.00692. The molecular formula is C23H25NO4. The SMILES string of the molecule is CC(C)(C)OC(=O)c1ccc(CCCCN2C(=O)c3ccccc3C2=O)cc1. The highest BCUT2D eigenvalue weighted by atomic mass is 16.6. The molecule has 0 bridgehead atoms. The van der Waals surface area contributed by atoms with Crippen LogP contribution in [0.1, 0.15) is 70.3 Å². The molecule has 3 rings (SSSR count). The lowest BCUT2D eigenvalue weighted by atomic mass is 10.1.